The van der Waals surface area contributed by atoms with E-state index in [4.69, 9.17) is 4.74 Å². The standard InChI is InChI=1S/C27H31FN4O2/c1-27(2,3)34-26(33)31-22-14-12-21(13-15-22)30-25-29-17-23(28)24(32-25)20-11-7-10-19(16-20)18-8-5-4-6-9-18/h4-11,16-17,21-22H,12-15H2,1-3H3,(H,31,33)(H,29,30,32). The van der Waals surface area contributed by atoms with Crippen molar-refractivity contribution < 1.29 is 13.9 Å². The maximum Gasteiger partial charge on any atom is 0.407 e. The second kappa shape index (κ2) is 10.2. The Morgan fingerprint density at radius 2 is 1.59 bits per heavy atom. The van der Waals surface area contributed by atoms with E-state index in [0.29, 0.717) is 11.5 Å². The molecule has 0 spiro atoms. The van der Waals surface area contributed by atoms with Crippen LogP contribution < -0.4 is 10.6 Å². The zero-order chi connectivity index (χ0) is 24.1. The van der Waals surface area contributed by atoms with Crippen molar-refractivity contribution in [1.29, 1.82) is 0 Å². The molecule has 1 saturated carbocycles. The number of carbonyl (C=O) groups excluding carboxylic acids is 1. The molecule has 4 rings (SSSR count). The first-order valence-electron chi connectivity index (χ1n) is 11.7. The first-order chi connectivity index (χ1) is 16.3. The Morgan fingerprint density at radius 3 is 2.29 bits per heavy atom. The summed E-state index contributed by atoms with van der Waals surface area (Å²) in [4.78, 5) is 20.7. The van der Waals surface area contributed by atoms with Gasteiger partial charge in [0.2, 0.25) is 5.95 Å². The van der Waals surface area contributed by atoms with Crippen LogP contribution >= 0.6 is 0 Å². The van der Waals surface area contributed by atoms with E-state index >= 15 is 0 Å². The van der Waals surface area contributed by atoms with Gasteiger partial charge >= 0.3 is 6.09 Å². The highest BCUT2D eigenvalue weighted by Crippen LogP contribution is 2.28. The van der Waals surface area contributed by atoms with E-state index in [-0.39, 0.29) is 23.9 Å². The van der Waals surface area contributed by atoms with E-state index in [0.717, 1.165) is 36.8 Å². The number of hydrogen-bond donors (Lipinski definition) is 2. The molecule has 1 aliphatic rings. The highest BCUT2D eigenvalue weighted by molar-refractivity contribution is 5.72. The van der Waals surface area contributed by atoms with Gasteiger partial charge in [-0.25, -0.2) is 19.2 Å². The van der Waals surface area contributed by atoms with Crippen molar-refractivity contribution in [2.24, 2.45) is 0 Å². The molecule has 34 heavy (non-hydrogen) atoms. The van der Waals surface area contributed by atoms with Gasteiger partial charge in [0, 0.05) is 17.6 Å². The van der Waals surface area contributed by atoms with Crippen LogP contribution in [0.15, 0.2) is 60.8 Å². The number of halogens is 1. The predicted octanol–water partition coefficient (Wildman–Crippen LogP) is 6.20. The maximum atomic E-state index is 14.7. The fraction of sp³-hybridized carbons (Fsp3) is 0.370. The summed E-state index contributed by atoms with van der Waals surface area (Å²) in [5.74, 6) is -0.0499. The Bertz CT molecular complexity index is 1120. The van der Waals surface area contributed by atoms with Crippen LogP contribution in [-0.2, 0) is 4.74 Å². The first-order valence-corrected chi connectivity index (χ1v) is 11.7. The van der Waals surface area contributed by atoms with Gasteiger partial charge in [0.1, 0.15) is 11.3 Å². The molecule has 1 aliphatic carbocycles. The van der Waals surface area contributed by atoms with Crippen LogP contribution in [0.4, 0.5) is 15.1 Å². The van der Waals surface area contributed by atoms with Gasteiger partial charge in [0.05, 0.1) is 6.20 Å². The minimum atomic E-state index is -0.513. The molecule has 1 amide bonds. The summed E-state index contributed by atoms with van der Waals surface area (Å²) in [5, 5.41) is 6.29. The van der Waals surface area contributed by atoms with E-state index in [1.54, 1.807) is 0 Å². The number of alkyl carbamates (subject to hydrolysis) is 1. The Hall–Kier alpha value is -3.48. The second-order valence-corrected chi connectivity index (χ2v) is 9.68. The molecule has 0 aliphatic heterocycles. The van der Waals surface area contributed by atoms with E-state index in [2.05, 4.69) is 20.6 Å². The van der Waals surface area contributed by atoms with Gasteiger partial charge in [0.25, 0.3) is 0 Å². The third kappa shape index (κ3) is 6.31. The second-order valence-electron chi connectivity index (χ2n) is 9.68. The molecule has 178 valence electrons. The topological polar surface area (TPSA) is 76.1 Å². The molecule has 7 heteroatoms. The Labute approximate surface area is 200 Å². The Morgan fingerprint density at radius 1 is 0.941 bits per heavy atom. The van der Waals surface area contributed by atoms with Crippen molar-refractivity contribution in [3.05, 3.63) is 66.6 Å². The third-order valence-electron chi connectivity index (χ3n) is 5.77. The average molecular weight is 463 g/mol. The van der Waals surface area contributed by atoms with Gasteiger partial charge in [-0.2, -0.15) is 0 Å². The lowest BCUT2D eigenvalue weighted by molar-refractivity contribution is 0.0492. The van der Waals surface area contributed by atoms with E-state index < -0.39 is 11.4 Å². The van der Waals surface area contributed by atoms with Crippen molar-refractivity contribution in [3.8, 4) is 22.4 Å². The van der Waals surface area contributed by atoms with Crippen LogP contribution in [0.5, 0.6) is 0 Å². The van der Waals surface area contributed by atoms with E-state index in [9.17, 15) is 9.18 Å². The fourth-order valence-electron chi connectivity index (χ4n) is 4.15. The summed E-state index contributed by atoms with van der Waals surface area (Å²) < 4.78 is 20.0. The van der Waals surface area contributed by atoms with Gasteiger partial charge in [-0.3, -0.25) is 0 Å². The number of benzene rings is 2. The molecule has 1 aromatic heterocycles. The lowest BCUT2D eigenvalue weighted by atomic mass is 9.91. The number of carbonyl (C=O) groups is 1. The quantitative estimate of drug-likeness (QED) is 0.472. The molecule has 0 bridgehead atoms. The molecular formula is C27H31FN4O2. The summed E-state index contributed by atoms with van der Waals surface area (Å²) in [6, 6.07) is 17.9. The van der Waals surface area contributed by atoms with Gasteiger partial charge in [-0.15, -0.1) is 0 Å². The number of rotatable bonds is 5. The summed E-state index contributed by atoms with van der Waals surface area (Å²) in [5.41, 5.74) is 2.53. The lowest BCUT2D eigenvalue weighted by Gasteiger charge is -2.30. The minimum absolute atomic E-state index is 0.0818. The van der Waals surface area contributed by atoms with Crippen LogP contribution in [0, 0.1) is 5.82 Å². The summed E-state index contributed by atoms with van der Waals surface area (Å²) >= 11 is 0. The molecule has 1 fully saturated rings. The fourth-order valence-corrected chi connectivity index (χ4v) is 4.15. The van der Waals surface area contributed by atoms with Crippen molar-refractivity contribution in [3.63, 3.8) is 0 Å². The molecule has 0 radical (unpaired) electrons. The monoisotopic (exact) mass is 462 g/mol. The number of nitrogens with zero attached hydrogens (tertiary/aromatic N) is 2. The van der Waals surface area contributed by atoms with Crippen LogP contribution in [0.1, 0.15) is 46.5 Å². The van der Waals surface area contributed by atoms with Crippen molar-refractivity contribution in [2.75, 3.05) is 5.32 Å². The van der Waals surface area contributed by atoms with Crippen molar-refractivity contribution in [2.45, 2.75) is 64.1 Å². The number of aromatic nitrogens is 2. The minimum Gasteiger partial charge on any atom is -0.444 e. The van der Waals surface area contributed by atoms with Crippen LogP contribution in [0.25, 0.3) is 22.4 Å². The summed E-state index contributed by atoms with van der Waals surface area (Å²) in [7, 11) is 0. The third-order valence-corrected chi connectivity index (χ3v) is 5.77. The number of anilines is 1. The number of nitrogens with one attached hydrogen (secondary N) is 2. The first kappa shape index (κ1) is 23.7. The van der Waals surface area contributed by atoms with Crippen LogP contribution in [0.3, 0.4) is 0 Å². The van der Waals surface area contributed by atoms with Gasteiger partial charge < -0.3 is 15.4 Å². The highest BCUT2D eigenvalue weighted by Gasteiger charge is 2.25. The normalized spacial score (nSPS) is 18.2. The number of amides is 1. The molecular weight excluding hydrogens is 431 g/mol. The highest BCUT2D eigenvalue weighted by atomic mass is 19.1. The molecule has 2 N–H and O–H groups in total. The molecule has 1 heterocycles. The molecule has 0 atom stereocenters. The SMILES string of the molecule is CC(C)(C)OC(=O)NC1CCC(Nc2ncc(F)c(-c3cccc(-c4ccccc4)c3)n2)CC1. The molecule has 0 saturated heterocycles. The molecule has 0 unspecified atom stereocenters. The predicted molar refractivity (Wildman–Crippen MR) is 132 cm³/mol. The van der Waals surface area contributed by atoms with Crippen LogP contribution in [-0.4, -0.2) is 33.7 Å². The van der Waals surface area contributed by atoms with Crippen molar-refractivity contribution >= 4 is 12.0 Å². The molecule has 6 nitrogen and oxygen atoms in total. The smallest absolute Gasteiger partial charge is 0.407 e. The largest absolute Gasteiger partial charge is 0.444 e. The van der Waals surface area contributed by atoms with Crippen LogP contribution in [0.2, 0.25) is 0 Å². The number of hydrogen-bond acceptors (Lipinski definition) is 5. The van der Waals surface area contributed by atoms with Gasteiger partial charge in [-0.1, -0.05) is 48.5 Å². The average Bonchev–Trinajstić information content (AvgIpc) is 2.81. The van der Waals surface area contributed by atoms with E-state index in [1.807, 2.05) is 75.4 Å². The Kier molecular flexibility index (Phi) is 7.10. The Balaban J connectivity index is 1.40. The zero-order valence-electron chi connectivity index (χ0n) is 19.8. The number of ether oxygens (including phenoxy) is 1. The zero-order valence-corrected chi connectivity index (χ0v) is 19.8. The van der Waals surface area contributed by atoms with Crippen molar-refractivity contribution in [1.82, 2.24) is 15.3 Å². The van der Waals surface area contributed by atoms with Gasteiger partial charge in [0.15, 0.2) is 5.82 Å². The molecule has 3 aromatic rings. The summed E-state index contributed by atoms with van der Waals surface area (Å²) in [6.45, 7) is 5.55. The van der Waals surface area contributed by atoms with Gasteiger partial charge in [-0.05, 0) is 63.6 Å². The maximum absolute atomic E-state index is 14.7. The summed E-state index contributed by atoms with van der Waals surface area (Å²) in [6.07, 6.45) is 4.18. The lowest BCUT2D eigenvalue weighted by Crippen LogP contribution is -2.42. The molecule has 2 aromatic carbocycles. The van der Waals surface area contributed by atoms with E-state index in [1.165, 1.54) is 6.20 Å².